The molecule has 1 fully saturated rings. The lowest BCUT2D eigenvalue weighted by Gasteiger charge is -2.37. The topological polar surface area (TPSA) is 124 Å². The highest BCUT2D eigenvalue weighted by molar-refractivity contribution is 5.73. The van der Waals surface area contributed by atoms with Gasteiger partial charge in [-0.25, -0.2) is 18.7 Å². The van der Waals surface area contributed by atoms with Crippen molar-refractivity contribution in [1.29, 1.82) is 0 Å². The second-order valence-electron chi connectivity index (χ2n) is 10.6. The first-order valence-corrected chi connectivity index (χ1v) is 13.5. The summed E-state index contributed by atoms with van der Waals surface area (Å²) in [5.74, 6) is -0.644. The molecule has 41 heavy (non-hydrogen) atoms. The fourth-order valence-electron chi connectivity index (χ4n) is 5.12. The molecule has 2 N–H and O–H groups in total. The van der Waals surface area contributed by atoms with Crippen LogP contribution in [-0.2, 0) is 24.7 Å². The van der Waals surface area contributed by atoms with Crippen molar-refractivity contribution in [3.8, 4) is 11.3 Å². The number of hydrogen-bond acceptors (Lipinski definition) is 9. The zero-order valence-electron chi connectivity index (χ0n) is 23.4. The Hall–Kier alpha value is -3.99. The fourth-order valence-corrected chi connectivity index (χ4v) is 5.12. The molecule has 2 atom stereocenters. The third-order valence-corrected chi connectivity index (χ3v) is 7.31. The summed E-state index contributed by atoms with van der Waals surface area (Å²) in [7, 11) is 0. The smallest absolute Gasteiger partial charge is 0.311 e. The highest BCUT2D eigenvalue weighted by Crippen LogP contribution is 2.41. The molecule has 218 valence electrons. The number of carbonyl (C=O) groups excluding carboxylic acids is 2. The van der Waals surface area contributed by atoms with Crippen LogP contribution in [0.25, 0.3) is 11.3 Å². The summed E-state index contributed by atoms with van der Waals surface area (Å²) < 4.78 is 36.2. The van der Waals surface area contributed by atoms with Crippen LogP contribution in [0.2, 0.25) is 0 Å². The van der Waals surface area contributed by atoms with E-state index in [0.717, 1.165) is 11.1 Å². The number of hydrogen-bond donors (Lipinski definition) is 2. The third kappa shape index (κ3) is 7.60. The van der Waals surface area contributed by atoms with E-state index in [4.69, 9.17) is 9.47 Å². The van der Waals surface area contributed by atoms with Gasteiger partial charge >= 0.3 is 11.9 Å². The summed E-state index contributed by atoms with van der Waals surface area (Å²) in [6.07, 6.45) is 1.72. The van der Waals surface area contributed by atoms with Crippen LogP contribution >= 0.6 is 0 Å². The van der Waals surface area contributed by atoms with Crippen molar-refractivity contribution in [1.82, 2.24) is 15.0 Å². The maximum atomic E-state index is 13.1. The van der Waals surface area contributed by atoms with Crippen molar-refractivity contribution in [2.45, 2.75) is 71.7 Å². The summed E-state index contributed by atoms with van der Waals surface area (Å²) in [6.45, 7) is 6.38. The van der Waals surface area contributed by atoms with E-state index >= 15 is 0 Å². The molecule has 0 amide bonds. The Labute approximate surface area is 237 Å². The van der Waals surface area contributed by atoms with Crippen molar-refractivity contribution < 1.29 is 33.0 Å². The van der Waals surface area contributed by atoms with Crippen LogP contribution in [0.4, 0.5) is 20.4 Å². The van der Waals surface area contributed by atoms with E-state index in [1.54, 1.807) is 25.3 Å². The molecule has 3 aromatic heterocycles. The van der Waals surface area contributed by atoms with Crippen LogP contribution < -0.4 is 5.32 Å². The lowest BCUT2D eigenvalue weighted by molar-refractivity contribution is -0.187. The minimum Gasteiger partial charge on any atom is -0.426 e. The number of nitrogens with zero attached hydrogens (tertiary/aromatic N) is 3. The molecule has 9 nitrogen and oxygen atoms in total. The highest BCUT2D eigenvalue weighted by atomic mass is 19.3. The van der Waals surface area contributed by atoms with Gasteiger partial charge in [-0.15, -0.1) is 0 Å². The zero-order chi connectivity index (χ0) is 29.7. The first-order valence-electron chi connectivity index (χ1n) is 13.5. The number of anilines is 2. The molecule has 2 unspecified atom stereocenters. The molecule has 0 radical (unpaired) electrons. The van der Waals surface area contributed by atoms with Gasteiger partial charge in [-0.3, -0.25) is 14.6 Å². The second-order valence-corrected chi connectivity index (χ2v) is 10.6. The van der Waals surface area contributed by atoms with Gasteiger partial charge in [0.15, 0.2) is 0 Å². The number of pyridine rings is 3. The molecule has 0 aliphatic heterocycles. The average Bonchev–Trinajstić information content (AvgIpc) is 2.92. The maximum absolute atomic E-state index is 13.1. The summed E-state index contributed by atoms with van der Waals surface area (Å²) in [5.41, 5.74) is 1.40. The van der Waals surface area contributed by atoms with Gasteiger partial charge in [0.2, 0.25) is 6.29 Å². The van der Waals surface area contributed by atoms with Crippen molar-refractivity contribution in [2.24, 2.45) is 11.8 Å². The Morgan fingerprint density at radius 3 is 2.41 bits per heavy atom. The summed E-state index contributed by atoms with van der Waals surface area (Å²) in [5, 5.41) is 14.4. The zero-order valence-corrected chi connectivity index (χ0v) is 23.4. The molecule has 0 aromatic carbocycles. The lowest BCUT2D eigenvalue weighted by Crippen LogP contribution is -2.37. The predicted molar refractivity (Wildman–Crippen MR) is 147 cm³/mol. The number of aliphatic hydroxyl groups is 1. The van der Waals surface area contributed by atoms with Crippen molar-refractivity contribution in [2.75, 3.05) is 5.32 Å². The molecule has 11 heteroatoms. The first kappa shape index (κ1) is 30.0. The molecule has 3 heterocycles. The van der Waals surface area contributed by atoms with Gasteiger partial charge in [0.05, 0.1) is 17.3 Å². The van der Waals surface area contributed by atoms with Gasteiger partial charge in [0.25, 0.3) is 6.43 Å². The number of carbonyl (C=O) groups is 2. The maximum Gasteiger partial charge on any atom is 0.311 e. The van der Waals surface area contributed by atoms with Crippen LogP contribution in [-0.4, -0.2) is 38.3 Å². The monoisotopic (exact) mass is 568 g/mol. The Bertz CT molecular complexity index is 1380. The Morgan fingerprint density at radius 2 is 1.78 bits per heavy atom. The molecule has 0 bridgehead atoms. The minimum absolute atomic E-state index is 0.111. The SMILES string of the molecule is CC(=O)OC(C)OC(=O)[C@H]1CC[C@H](C(C)(O)c2ccc(-c3cc(C)cc(Nc4cc(C(F)F)ccn4)n3)cn2)CC1. The largest absolute Gasteiger partial charge is 0.426 e. The summed E-state index contributed by atoms with van der Waals surface area (Å²) in [4.78, 5) is 36.8. The molecular weight excluding hydrogens is 534 g/mol. The van der Waals surface area contributed by atoms with Gasteiger partial charge in [-0.2, -0.15) is 0 Å². The van der Waals surface area contributed by atoms with Gasteiger partial charge in [0.1, 0.15) is 17.2 Å². The normalized spacial score (nSPS) is 19.2. The molecule has 4 rings (SSSR count). The number of ether oxygens (including phenoxy) is 2. The van der Waals surface area contributed by atoms with E-state index in [-0.39, 0.29) is 23.2 Å². The van der Waals surface area contributed by atoms with Gasteiger partial charge in [-0.1, -0.05) is 0 Å². The predicted octanol–water partition coefficient (Wildman–Crippen LogP) is 5.99. The van der Waals surface area contributed by atoms with Crippen LogP contribution in [0, 0.1) is 18.8 Å². The number of aromatic nitrogens is 3. The van der Waals surface area contributed by atoms with E-state index < -0.39 is 30.3 Å². The quantitative estimate of drug-likeness (QED) is 0.236. The van der Waals surface area contributed by atoms with E-state index in [1.807, 2.05) is 19.1 Å². The highest BCUT2D eigenvalue weighted by Gasteiger charge is 2.39. The van der Waals surface area contributed by atoms with Crippen molar-refractivity contribution in [3.63, 3.8) is 0 Å². The molecule has 0 saturated heterocycles. The van der Waals surface area contributed by atoms with Crippen LogP contribution in [0.1, 0.15) is 69.7 Å². The average molecular weight is 569 g/mol. The Morgan fingerprint density at radius 1 is 1.05 bits per heavy atom. The molecule has 0 spiro atoms. The lowest BCUT2D eigenvalue weighted by atomic mass is 9.73. The molecular formula is C30H34F2N4O5. The molecule has 3 aromatic rings. The Balaban J connectivity index is 1.41. The number of esters is 2. The summed E-state index contributed by atoms with van der Waals surface area (Å²) >= 11 is 0. The van der Waals surface area contributed by atoms with Crippen molar-refractivity contribution >= 4 is 23.6 Å². The number of aryl methyl sites for hydroxylation is 1. The first-order chi connectivity index (χ1) is 19.4. The van der Waals surface area contributed by atoms with Crippen LogP contribution in [0.3, 0.4) is 0 Å². The summed E-state index contributed by atoms with van der Waals surface area (Å²) in [6, 6.07) is 9.81. The van der Waals surface area contributed by atoms with Crippen molar-refractivity contribution in [3.05, 3.63) is 65.6 Å². The van der Waals surface area contributed by atoms with Gasteiger partial charge in [0, 0.05) is 37.4 Å². The van der Waals surface area contributed by atoms with E-state index in [2.05, 4.69) is 20.3 Å². The molecule has 1 aliphatic rings. The van der Waals surface area contributed by atoms with E-state index in [9.17, 15) is 23.5 Å². The Kier molecular flexibility index (Phi) is 9.27. The number of alkyl halides is 2. The van der Waals surface area contributed by atoms with Gasteiger partial charge in [-0.05, 0) is 87.4 Å². The van der Waals surface area contributed by atoms with E-state index in [0.29, 0.717) is 42.9 Å². The second kappa shape index (κ2) is 12.7. The number of rotatable bonds is 9. The molecule has 1 saturated carbocycles. The standard InChI is InChI=1S/C30H34F2N4O5/c1-17-13-24(35-27(14-17)36-26-15-21(28(31)32)11-12-33-26)22-7-10-25(34-16-22)30(4,39)23-8-5-20(6-9-23)29(38)41-19(3)40-18(2)37/h7,10-16,19-20,23,28,39H,5-6,8-9H2,1-4H3,(H,33,35,36)/t19?,20-,23-,30?. The fraction of sp³-hybridized carbons (Fsp3) is 0.433. The molecule has 1 aliphatic carbocycles. The van der Waals surface area contributed by atoms with E-state index in [1.165, 1.54) is 32.2 Å². The van der Waals surface area contributed by atoms with Crippen LogP contribution in [0.5, 0.6) is 0 Å². The minimum atomic E-state index is -2.60. The third-order valence-electron chi connectivity index (χ3n) is 7.31. The number of nitrogens with one attached hydrogen (secondary N) is 1. The van der Waals surface area contributed by atoms with Crippen LogP contribution in [0.15, 0.2) is 48.8 Å². The number of halogens is 2. The van der Waals surface area contributed by atoms with Gasteiger partial charge < -0.3 is 19.9 Å².